The third kappa shape index (κ3) is 2.85. The molecule has 1 aliphatic heterocycles. The summed E-state index contributed by atoms with van der Waals surface area (Å²) in [5.41, 5.74) is 1.31. The van der Waals surface area contributed by atoms with Gasteiger partial charge in [0.1, 0.15) is 11.9 Å². The molecule has 2 N–H and O–H groups in total. The van der Waals surface area contributed by atoms with Gasteiger partial charge in [0, 0.05) is 6.07 Å². The number of benzene rings is 1. The highest BCUT2D eigenvalue weighted by atomic mass is 127. The Labute approximate surface area is 117 Å². The molecule has 0 aromatic heterocycles. The molecule has 0 aliphatic carbocycles. The van der Waals surface area contributed by atoms with E-state index in [1.54, 1.807) is 17.8 Å². The number of halogens is 2. The van der Waals surface area contributed by atoms with Crippen LogP contribution in [0.4, 0.5) is 15.8 Å². The van der Waals surface area contributed by atoms with E-state index in [0.29, 0.717) is 14.9 Å². The molecule has 1 atom stereocenters. The Balaban J connectivity index is 2.22. The monoisotopic (exact) mass is 366 g/mol. The van der Waals surface area contributed by atoms with E-state index in [-0.39, 0.29) is 17.8 Å². The lowest BCUT2D eigenvalue weighted by atomic mass is 10.1. The molecule has 0 saturated heterocycles. The Kier molecular flexibility index (Phi) is 4.13. The fraction of sp³-hybridized carbons (Fsp3) is 0.364. The van der Waals surface area contributed by atoms with Gasteiger partial charge in [0.15, 0.2) is 0 Å². The van der Waals surface area contributed by atoms with Crippen molar-refractivity contribution in [2.24, 2.45) is 0 Å². The minimum atomic E-state index is -0.269. The summed E-state index contributed by atoms with van der Waals surface area (Å²) < 4.78 is 13.9. The maximum atomic E-state index is 13.4. The van der Waals surface area contributed by atoms with Crippen LogP contribution in [0.25, 0.3) is 0 Å². The molecule has 0 fully saturated rings. The fourth-order valence-electron chi connectivity index (χ4n) is 1.68. The Morgan fingerprint density at radius 3 is 2.94 bits per heavy atom. The number of hydrogen-bond donors (Lipinski definition) is 2. The SMILES string of the molecule is CSCCC1Nc2cc(F)c(I)cc2NC1=O. The number of amides is 1. The molecule has 1 aliphatic rings. The van der Waals surface area contributed by atoms with Gasteiger partial charge in [-0.25, -0.2) is 4.39 Å². The molecule has 1 aromatic carbocycles. The third-order valence-electron chi connectivity index (χ3n) is 2.58. The lowest BCUT2D eigenvalue weighted by molar-refractivity contribution is -0.117. The van der Waals surface area contributed by atoms with E-state index >= 15 is 0 Å². The van der Waals surface area contributed by atoms with Gasteiger partial charge in [-0.3, -0.25) is 4.79 Å². The zero-order valence-corrected chi connectivity index (χ0v) is 12.2. The van der Waals surface area contributed by atoms with E-state index in [2.05, 4.69) is 10.6 Å². The molecular formula is C11H12FIN2OS. The van der Waals surface area contributed by atoms with E-state index in [1.165, 1.54) is 6.07 Å². The van der Waals surface area contributed by atoms with Crippen LogP contribution in [0, 0.1) is 9.39 Å². The molecule has 1 aromatic rings. The topological polar surface area (TPSA) is 41.1 Å². The number of carbonyl (C=O) groups excluding carboxylic acids is 1. The molecule has 2 rings (SSSR count). The Hall–Kier alpha value is -0.500. The van der Waals surface area contributed by atoms with Crippen LogP contribution < -0.4 is 10.6 Å². The number of thioether (sulfide) groups is 1. The first-order valence-corrected chi connectivity index (χ1v) is 7.64. The van der Waals surface area contributed by atoms with E-state index < -0.39 is 0 Å². The van der Waals surface area contributed by atoms with Crippen LogP contribution >= 0.6 is 34.4 Å². The number of nitrogens with one attached hydrogen (secondary N) is 2. The van der Waals surface area contributed by atoms with Crippen LogP contribution in [0.1, 0.15) is 6.42 Å². The van der Waals surface area contributed by atoms with Crippen molar-refractivity contribution in [3.05, 3.63) is 21.5 Å². The molecule has 92 valence electrons. The largest absolute Gasteiger partial charge is 0.372 e. The van der Waals surface area contributed by atoms with E-state index in [1.807, 2.05) is 28.8 Å². The van der Waals surface area contributed by atoms with E-state index in [9.17, 15) is 9.18 Å². The first-order valence-electron chi connectivity index (χ1n) is 5.17. The summed E-state index contributed by atoms with van der Waals surface area (Å²) in [5, 5.41) is 5.89. The van der Waals surface area contributed by atoms with Gasteiger partial charge < -0.3 is 10.6 Å². The van der Waals surface area contributed by atoms with Crippen LogP contribution in [0.15, 0.2) is 12.1 Å². The highest BCUT2D eigenvalue weighted by molar-refractivity contribution is 14.1. The molecule has 0 spiro atoms. The summed E-state index contributed by atoms with van der Waals surface area (Å²) in [6, 6.07) is 2.80. The zero-order chi connectivity index (χ0) is 12.4. The summed E-state index contributed by atoms with van der Waals surface area (Å²) in [6.45, 7) is 0. The number of carbonyl (C=O) groups is 1. The summed E-state index contributed by atoms with van der Waals surface area (Å²) in [7, 11) is 0. The van der Waals surface area contributed by atoms with Crippen LogP contribution in [-0.4, -0.2) is 24.0 Å². The number of hydrogen-bond acceptors (Lipinski definition) is 3. The van der Waals surface area contributed by atoms with Crippen LogP contribution in [0.5, 0.6) is 0 Å². The smallest absolute Gasteiger partial charge is 0.246 e. The van der Waals surface area contributed by atoms with Crippen molar-refractivity contribution in [3.63, 3.8) is 0 Å². The van der Waals surface area contributed by atoms with Crippen LogP contribution in [0.2, 0.25) is 0 Å². The van der Waals surface area contributed by atoms with Crippen molar-refractivity contribution in [1.82, 2.24) is 0 Å². The second-order valence-corrected chi connectivity index (χ2v) is 5.93. The lowest BCUT2D eigenvalue weighted by Gasteiger charge is -2.27. The summed E-state index contributed by atoms with van der Waals surface area (Å²) >= 11 is 3.60. The Morgan fingerprint density at radius 2 is 2.24 bits per heavy atom. The van der Waals surface area contributed by atoms with Gasteiger partial charge in [0.05, 0.1) is 14.9 Å². The minimum Gasteiger partial charge on any atom is -0.372 e. The number of rotatable bonds is 3. The van der Waals surface area contributed by atoms with Crippen molar-refractivity contribution >= 4 is 51.6 Å². The highest BCUT2D eigenvalue weighted by Gasteiger charge is 2.25. The first-order chi connectivity index (χ1) is 8.11. The van der Waals surface area contributed by atoms with Crippen molar-refractivity contribution in [1.29, 1.82) is 0 Å². The summed E-state index contributed by atoms with van der Waals surface area (Å²) in [4.78, 5) is 11.8. The van der Waals surface area contributed by atoms with Crippen molar-refractivity contribution < 1.29 is 9.18 Å². The molecule has 1 unspecified atom stereocenters. The molecule has 17 heavy (non-hydrogen) atoms. The lowest BCUT2D eigenvalue weighted by Crippen LogP contribution is -2.39. The predicted molar refractivity (Wildman–Crippen MR) is 78.2 cm³/mol. The molecule has 0 radical (unpaired) electrons. The minimum absolute atomic E-state index is 0.0473. The van der Waals surface area contributed by atoms with Gasteiger partial charge in [0.25, 0.3) is 0 Å². The second-order valence-electron chi connectivity index (χ2n) is 3.78. The van der Waals surface area contributed by atoms with Crippen LogP contribution in [0.3, 0.4) is 0 Å². The Morgan fingerprint density at radius 1 is 1.47 bits per heavy atom. The van der Waals surface area contributed by atoms with Gasteiger partial charge in [0.2, 0.25) is 5.91 Å². The van der Waals surface area contributed by atoms with E-state index in [0.717, 1.165) is 12.2 Å². The maximum absolute atomic E-state index is 13.4. The Bertz CT molecular complexity index is 455. The quantitative estimate of drug-likeness (QED) is 0.809. The first kappa shape index (κ1) is 12.9. The fourth-order valence-corrected chi connectivity index (χ4v) is 2.62. The maximum Gasteiger partial charge on any atom is 0.246 e. The van der Waals surface area contributed by atoms with E-state index in [4.69, 9.17) is 0 Å². The molecule has 1 heterocycles. The van der Waals surface area contributed by atoms with Crippen LogP contribution in [-0.2, 0) is 4.79 Å². The van der Waals surface area contributed by atoms with Crippen molar-refractivity contribution in [2.45, 2.75) is 12.5 Å². The zero-order valence-electron chi connectivity index (χ0n) is 9.22. The molecule has 0 bridgehead atoms. The summed E-state index contributed by atoms with van der Waals surface area (Å²) in [5.74, 6) is 0.582. The molecule has 3 nitrogen and oxygen atoms in total. The highest BCUT2D eigenvalue weighted by Crippen LogP contribution is 2.31. The van der Waals surface area contributed by atoms with Gasteiger partial charge in [-0.05, 0) is 47.1 Å². The van der Waals surface area contributed by atoms with Gasteiger partial charge in [-0.2, -0.15) is 11.8 Å². The normalized spacial score (nSPS) is 18.3. The average molecular weight is 366 g/mol. The number of fused-ring (bicyclic) bond motifs is 1. The third-order valence-corrected chi connectivity index (χ3v) is 4.05. The van der Waals surface area contributed by atoms with Gasteiger partial charge in [-0.15, -0.1) is 0 Å². The molecule has 0 saturated carbocycles. The van der Waals surface area contributed by atoms with Gasteiger partial charge >= 0.3 is 0 Å². The predicted octanol–water partition coefficient (Wildman–Crippen LogP) is 2.92. The average Bonchev–Trinajstić information content (AvgIpc) is 2.29. The molecule has 6 heteroatoms. The van der Waals surface area contributed by atoms with Crippen molar-refractivity contribution in [2.75, 3.05) is 22.6 Å². The molecular weight excluding hydrogens is 354 g/mol. The second kappa shape index (κ2) is 5.43. The number of anilines is 2. The molecule has 1 amide bonds. The standard InChI is InChI=1S/C11H12FIN2OS/c1-17-3-2-8-11(16)15-10-5-7(13)6(12)4-9(10)14-8/h4-5,8,14H,2-3H2,1H3,(H,15,16). The van der Waals surface area contributed by atoms with Gasteiger partial charge in [-0.1, -0.05) is 0 Å². The van der Waals surface area contributed by atoms with Crippen molar-refractivity contribution in [3.8, 4) is 0 Å². The summed E-state index contributed by atoms with van der Waals surface area (Å²) in [6.07, 6.45) is 2.73.